The number of hydrogen-bond acceptors (Lipinski definition) is 3. The number of hydrogen-bond donors (Lipinski definition) is 1. The third-order valence-corrected chi connectivity index (χ3v) is 5.71. The Hall–Kier alpha value is -0.120. The summed E-state index contributed by atoms with van der Waals surface area (Å²) in [7, 11) is 2.23. The maximum absolute atomic E-state index is 6.13. The minimum Gasteiger partial charge on any atom is -0.329 e. The van der Waals surface area contributed by atoms with Gasteiger partial charge in [0, 0.05) is 37.3 Å². The molecule has 100 valence electrons. The first kappa shape index (κ1) is 13.3. The van der Waals surface area contributed by atoms with Gasteiger partial charge < -0.3 is 5.73 Å². The average Bonchev–Trinajstić information content (AvgIpc) is 3.01. The Labute approximate surface area is 106 Å². The molecule has 0 spiro atoms. The van der Waals surface area contributed by atoms with Gasteiger partial charge in [-0.05, 0) is 46.1 Å². The van der Waals surface area contributed by atoms with Crippen LogP contribution < -0.4 is 5.73 Å². The second-order valence-corrected chi connectivity index (χ2v) is 7.19. The summed E-state index contributed by atoms with van der Waals surface area (Å²) in [4.78, 5) is 5.12. The molecular weight excluding hydrogens is 210 g/mol. The summed E-state index contributed by atoms with van der Waals surface area (Å²) >= 11 is 0. The summed E-state index contributed by atoms with van der Waals surface area (Å²) in [5.74, 6) is 0. The van der Waals surface area contributed by atoms with Gasteiger partial charge in [-0.3, -0.25) is 9.80 Å². The smallest absolute Gasteiger partial charge is 0.0358 e. The number of likely N-dealkylation sites (N-methyl/N-ethyl adjacent to an activating group) is 1. The van der Waals surface area contributed by atoms with Crippen LogP contribution in [-0.2, 0) is 0 Å². The quantitative estimate of drug-likeness (QED) is 0.811. The third-order valence-electron chi connectivity index (χ3n) is 5.71. The molecule has 0 amide bonds. The van der Waals surface area contributed by atoms with Gasteiger partial charge in [-0.25, -0.2) is 0 Å². The van der Waals surface area contributed by atoms with Crippen molar-refractivity contribution in [2.75, 3.05) is 33.2 Å². The maximum atomic E-state index is 6.13. The largest absolute Gasteiger partial charge is 0.329 e. The molecule has 1 aliphatic heterocycles. The molecule has 1 saturated carbocycles. The SMILES string of the molecule is CN1CCN(C(C)(CN)C2(C)CC2)CC1(C)C. The lowest BCUT2D eigenvalue weighted by molar-refractivity contribution is -0.0418. The molecule has 2 aliphatic rings. The summed E-state index contributed by atoms with van der Waals surface area (Å²) in [5, 5.41) is 0. The van der Waals surface area contributed by atoms with E-state index in [1.54, 1.807) is 0 Å². The first-order valence-corrected chi connectivity index (χ1v) is 6.92. The summed E-state index contributed by atoms with van der Waals surface area (Å²) in [6.07, 6.45) is 2.68. The van der Waals surface area contributed by atoms with E-state index in [9.17, 15) is 0 Å². The van der Waals surface area contributed by atoms with Crippen molar-refractivity contribution in [3.8, 4) is 0 Å². The average molecular weight is 239 g/mol. The zero-order valence-corrected chi connectivity index (χ0v) is 12.2. The van der Waals surface area contributed by atoms with E-state index >= 15 is 0 Å². The van der Waals surface area contributed by atoms with Gasteiger partial charge in [0.1, 0.15) is 0 Å². The molecule has 1 aliphatic carbocycles. The first-order valence-electron chi connectivity index (χ1n) is 6.92. The van der Waals surface area contributed by atoms with Crippen molar-refractivity contribution in [2.24, 2.45) is 11.1 Å². The Morgan fingerprint density at radius 2 is 1.76 bits per heavy atom. The van der Waals surface area contributed by atoms with Gasteiger partial charge in [0.25, 0.3) is 0 Å². The molecule has 1 saturated heterocycles. The van der Waals surface area contributed by atoms with Crippen LogP contribution in [0.1, 0.15) is 40.5 Å². The lowest BCUT2D eigenvalue weighted by atomic mass is 9.80. The topological polar surface area (TPSA) is 32.5 Å². The molecule has 1 heterocycles. The van der Waals surface area contributed by atoms with Gasteiger partial charge in [-0.2, -0.15) is 0 Å². The monoisotopic (exact) mass is 239 g/mol. The number of piperazine rings is 1. The Balaban J connectivity index is 2.17. The molecule has 2 N–H and O–H groups in total. The maximum Gasteiger partial charge on any atom is 0.0358 e. The lowest BCUT2D eigenvalue weighted by Gasteiger charge is -2.54. The molecule has 2 rings (SSSR count). The van der Waals surface area contributed by atoms with E-state index in [4.69, 9.17) is 5.73 Å². The normalized spacial score (nSPS) is 32.1. The van der Waals surface area contributed by atoms with Gasteiger partial charge in [0.05, 0.1) is 0 Å². The van der Waals surface area contributed by atoms with Crippen molar-refractivity contribution in [1.82, 2.24) is 9.80 Å². The number of rotatable bonds is 3. The van der Waals surface area contributed by atoms with Gasteiger partial charge >= 0.3 is 0 Å². The van der Waals surface area contributed by atoms with Crippen LogP contribution in [0.3, 0.4) is 0 Å². The van der Waals surface area contributed by atoms with Crippen molar-refractivity contribution < 1.29 is 0 Å². The van der Waals surface area contributed by atoms with Crippen LogP contribution in [0.2, 0.25) is 0 Å². The second-order valence-electron chi connectivity index (χ2n) is 7.19. The van der Waals surface area contributed by atoms with Gasteiger partial charge in [0.15, 0.2) is 0 Å². The van der Waals surface area contributed by atoms with Crippen LogP contribution in [-0.4, -0.2) is 54.1 Å². The van der Waals surface area contributed by atoms with Crippen molar-refractivity contribution in [2.45, 2.75) is 51.6 Å². The minimum absolute atomic E-state index is 0.186. The van der Waals surface area contributed by atoms with Crippen LogP contribution in [0.25, 0.3) is 0 Å². The molecule has 17 heavy (non-hydrogen) atoms. The summed E-state index contributed by atoms with van der Waals surface area (Å²) in [6.45, 7) is 13.7. The summed E-state index contributed by atoms with van der Waals surface area (Å²) < 4.78 is 0. The highest BCUT2D eigenvalue weighted by atomic mass is 15.3. The third kappa shape index (κ3) is 2.02. The van der Waals surface area contributed by atoms with Crippen molar-refractivity contribution in [1.29, 1.82) is 0 Å². The lowest BCUT2D eigenvalue weighted by Crippen LogP contribution is -2.67. The zero-order chi connectivity index (χ0) is 12.9. The molecule has 0 radical (unpaired) electrons. The number of nitrogens with two attached hydrogens (primary N) is 1. The highest BCUT2D eigenvalue weighted by Gasteiger charge is 2.56. The van der Waals surface area contributed by atoms with Crippen molar-refractivity contribution in [3.63, 3.8) is 0 Å². The fourth-order valence-corrected chi connectivity index (χ4v) is 3.14. The highest BCUT2D eigenvalue weighted by Crippen LogP contribution is 2.56. The van der Waals surface area contributed by atoms with E-state index in [2.05, 4.69) is 44.5 Å². The highest BCUT2D eigenvalue weighted by molar-refractivity contribution is 5.11. The van der Waals surface area contributed by atoms with Crippen LogP contribution in [0.15, 0.2) is 0 Å². The Bertz CT molecular complexity index is 296. The Kier molecular flexibility index (Phi) is 3.08. The molecule has 2 fully saturated rings. The fourth-order valence-electron chi connectivity index (χ4n) is 3.14. The predicted octanol–water partition coefficient (Wildman–Crippen LogP) is 1.53. The molecule has 3 nitrogen and oxygen atoms in total. The van der Waals surface area contributed by atoms with Crippen molar-refractivity contribution >= 4 is 0 Å². The fraction of sp³-hybridized carbons (Fsp3) is 1.00. The minimum atomic E-state index is 0.186. The molecule has 0 aromatic rings. The molecule has 0 aromatic carbocycles. The van der Waals surface area contributed by atoms with Gasteiger partial charge in [-0.1, -0.05) is 6.92 Å². The van der Waals surface area contributed by atoms with Crippen molar-refractivity contribution in [3.05, 3.63) is 0 Å². The predicted molar refractivity (Wildman–Crippen MR) is 73.1 cm³/mol. The number of nitrogens with zero attached hydrogens (tertiary/aromatic N) is 2. The van der Waals surface area contributed by atoms with Crippen LogP contribution in [0, 0.1) is 5.41 Å². The Morgan fingerprint density at radius 1 is 1.18 bits per heavy atom. The molecule has 3 heteroatoms. The van der Waals surface area contributed by atoms with Gasteiger partial charge in [0.2, 0.25) is 0 Å². The molecule has 0 aromatic heterocycles. The van der Waals surface area contributed by atoms with Crippen LogP contribution in [0.4, 0.5) is 0 Å². The molecular formula is C14H29N3. The van der Waals surface area contributed by atoms with E-state index in [1.807, 2.05) is 0 Å². The summed E-state index contributed by atoms with van der Waals surface area (Å²) in [5.41, 5.74) is 7.03. The van der Waals surface area contributed by atoms with E-state index in [0.717, 1.165) is 26.2 Å². The molecule has 0 bridgehead atoms. The molecule has 1 atom stereocenters. The first-order chi connectivity index (χ1) is 7.75. The van der Waals surface area contributed by atoms with E-state index < -0.39 is 0 Å². The van der Waals surface area contributed by atoms with E-state index in [0.29, 0.717) is 5.41 Å². The Morgan fingerprint density at radius 3 is 2.18 bits per heavy atom. The zero-order valence-electron chi connectivity index (χ0n) is 12.2. The summed E-state index contributed by atoms with van der Waals surface area (Å²) in [6, 6.07) is 0. The van der Waals surface area contributed by atoms with Gasteiger partial charge in [-0.15, -0.1) is 0 Å². The van der Waals surface area contributed by atoms with Crippen LogP contribution >= 0.6 is 0 Å². The second kappa shape index (κ2) is 3.94. The standard InChI is InChI=1S/C14H29N3/c1-12(2)11-17(9-8-16(12)5)14(4,10-15)13(3)6-7-13/h6-11,15H2,1-5H3. The molecule has 1 unspecified atom stereocenters. The van der Waals surface area contributed by atoms with Crippen LogP contribution in [0.5, 0.6) is 0 Å². The van der Waals surface area contributed by atoms with E-state index in [1.165, 1.54) is 12.8 Å². The van der Waals surface area contributed by atoms with E-state index in [-0.39, 0.29) is 11.1 Å².